The van der Waals surface area contributed by atoms with Crippen molar-refractivity contribution in [3.8, 4) is 0 Å². The lowest BCUT2D eigenvalue weighted by molar-refractivity contribution is -0.130. The van der Waals surface area contributed by atoms with E-state index in [0.29, 0.717) is 11.8 Å². The Morgan fingerprint density at radius 3 is 2.39 bits per heavy atom. The highest BCUT2D eigenvalue weighted by atomic mass is 35.5. The van der Waals surface area contributed by atoms with E-state index in [1.54, 1.807) is 0 Å². The fraction of sp³-hybridized carbons (Fsp3) is 0.933. The number of carbonyl (C=O) groups excluding carboxylic acids is 1. The fourth-order valence-electron chi connectivity index (χ4n) is 3.58. The van der Waals surface area contributed by atoms with E-state index >= 15 is 0 Å². The first-order valence-electron chi connectivity index (χ1n) is 7.50. The van der Waals surface area contributed by atoms with Gasteiger partial charge < -0.3 is 5.32 Å². The average molecular weight is 272 g/mol. The Labute approximate surface area is 116 Å². The number of hydrogen-bond donors (Lipinski definition) is 1. The standard InChI is InChI=1S/C15H26ClNO/c1-15(8-4-5-9-15)14(18)17-11-13-7-3-2-6-12(13)10-16/h12-13H,2-11H2,1H3,(H,17,18). The SMILES string of the molecule is CC1(C(=O)NCC2CCCCC2CCl)CCCC1. The van der Waals surface area contributed by atoms with Crippen molar-refractivity contribution in [2.75, 3.05) is 12.4 Å². The van der Waals surface area contributed by atoms with Crippen LogP contribution in [0.2, 0.25) is 0 Å². The minimum atomic E-state index is -0.0921. The van der Waals surface area contributed by atoms with Gasteiger partial charge in [0, 0.05) is 17.8 Å². The van der Waals surface area contributed by atoms with Gasteiger partial charge in [0.2, 0.25) is 5.91 Å². The Bertz CT molecular complexity index is 286. The Morgan fingerprint density at radius 1 is 1.17 bits per heavy atom. The highest BCUT2D eigenvalue weighted by Crippen LogP contribution is 2.38. The van der Waals surface area contributed by atoms with Crippen LogP contribution in [0.15, 0.2) is 0 Å². The molecule has 104 valence electrons. The summed E-state index contributed by atoms with van der Waals surface area (Å²) in [6.45, 7) is 2.96. The molecule has 2 aliphatic carbocycles. The van der Waals surface area contributed by atoms with Crippen molar-refractivity contribution in [3.05, 3.63) is 0 Å². The number of amides is 1. The molecule has 0 bridgehead atoms. The van der Waals surface area contributed by atoms with Crippen LogP contribution in [-0.4, -0.2) is 18.3 Å². The summed E-state index contributed by atoms with van der Waals surface area (Å²) < 4.78 is 0. The highest BCUT2D eigenvalue weighted by Gasteiger charge is 2.36. The van der Waals surface area contributed by atoms with Crippen LogP contribution in [0.4, 0.5) is 0 Å². The molecular formula is C15H26ClNO. The van der Waals surface area contributed by atoms with Gasteiger partial charge in [-0.25, -0.2) is 0 Å². The molecular weight excluding hydrogens is 246 g/mol. The molecule has 0 aliphatic heterocycles. The molecule has 0 aromatic heterocycles. The maximum Gasteiger partial charge on any atom is 0.225 e. The van der Waals surface area contributed by atoms with E-state index in [9.17, 15) is 4.79 Å². The minimum absolute atomic E-state index is 0.0921. The van der Waals surface area contributed by atoms with Gasteiger partial charge in [0.15, 0.2) is 0 Å². The first-order chi connectivity index (χ1) is 8.65. The lowest BCUT2D eigenvalue weighted by atomic mass is 9.80. The van der Waals surface area contributed by atoms with Crippen molar-refractivity contribution in [1.82, 2.24) is 5.32 Å². The van der Waals surface area contributed by atoms with E-state index in [0.717, 1.165) is 25.3 Å². The molecule has 0 aromatic rings. The van der Waals surface area contributed by atoms with Gasteiger partial charge in [-0.15, -0.1) is 11.6 Å². The Kier molecular flexibility index (Phi) is 4.94. The molecule has 2 rings (SSSR count). The maximum absolute atomic E-state index is 12.3. The smallest absolute Gasteiger partial charge is 0.225 e. The normalized spacial score (nSPS) is 31.2. The molecule has 0 aromatic carbocycles. The van der Waals surface area contributed by atoms with Crippen molar-refractivity contribution in [3.63, 3.8) is 0 Å². The lowest BCUT2D eigenvalue weighted by Crippen LogP contribution is -2.41. The van der Waals surface area contributed by atoms with Gasteiger partial charge >= 0.3 is 0 Å². The topological polar surface area (TPSA) is 29.1 Å². The summed E-state index contributed by atoms with van der Waals surface area (Å²) >= 11 is 6.03. The number of nitrogens with one attached hydrogen (secondary N) is 1. The summed E-state index contributed by atoms with van der Waals surface area (Å²) in [4.78, 5) is 12.3. The summed E-state index contributed by atoms with van der Waals surface area (Å²) in [5.74, 6) is 2.24. The first kappa shape index (κ1) is 14.2. The lowest BCUT2D eigenvalue weighted by Gasteiger charge is -2.31. The van der Waals surface area contributed by atoms with Crippen LogP contribution in [0.5, 0.6) is 0 Å². The largest absolute Gasteiger partial charge is 0.355 e. The van der Waals surface area contributed by atoms with Gasteiger partial charge in [-0.05, 0) is 37.5 Å². The molecule has 2 aliphatic rings. The third-order valence-electron chi connectivity index (χ3n) is 5.04. The van der Waals surface area contributed by atoms with Crippen molar-refractivity contribution in [2.45, 2.75) is 58.3 Å². The summed E-state index contributed by atoms with van der Waals surface area (Å²) in [5.41, 5.74) is -0.0921. The fourth-order valence-corrected chi connectivity index (χ4v) is 3.98. The maximum atomic E-state index is 12.3. The third-order valence-corrected chi connectivity index (χ3v) is 5.44. The number of alkyl halides is 1. The zero-order valence-electron chi connectivity index (χ0n) is 11.5. The third kappa shape index (κ3) is 3.20. The predicted molar refractivity (Wildman–Crippen MR) is 75.8 cm³/mol. The number of halogens is 1. The van der Waals surface area contributed by atoms with Gasteiger partial charge in [-0.3, -0.25) is 4.79 Å². The summed E-state index contributed by atoms with van der Waals surface area (Å²) in [6.07, 6.45) is 9.60. The second-order valence-electron chi connectivity index (χ2n) is 6.44. The quantitative estimate of drug-likeness (QED) is 0.776. The molecule has 2 unspecified atom stereocenters. The molecule has 1 N–H and O–H groups in total. The van der Waals surface area contributed by atoms with Gasteiger partial charge in [0.05, 0.1) is 0 Å². The second kappa shape index (κ2) is 6.27. The van der Waals surface area contributed by atoms with E-state index in [1.807, 2.05) is 0 Å². The summed E-state index contributed by atoms with van der Waals surface area (Å²) in [7, 11) is 0. The van der Waals surface area contributed by atoms with Gasteiger partial charge in [-0.2, -0.15) is 0 Å². The molecule has 0 heterocycles. The summed E-state index contributed by atoms with van der Waals surface area (Å²) in [5, 5.41) is 3.20. The second-order valence-corrected chi connectivity index (χ2v) is 6.75. The molecule has 1 amide bonds. The molecule has 18 heavy (non-hydrogen) atoms. The monoisotopic (exact) mass is 271 g/mol. The van der Waals surface area contributed by atoms with Crippen LogP contribution in [0.25, 0.3) is 0 Å². The molecule has 2 atom stereocenters. The molecule has 2 nitrogen and oxygen atoms in total. The van der Waals surface area contributed by atoms with Crippen molar-refractivity contribution < 1.29 is 4.79 Å². The van der Waals surface area contributed by atoms with E-state index in [-0.39, 0.29) is 11.3 Å². The van der Waals surface area contributed by atoms with Crippen molar-refractivity contribution in [1.29, 1.82) is 0 Å². The molecule has 2 saturated carbocycles. The number of rotatable bonds is 4. The highest BCUT2D eigenvalue weighted by molar-refractivity contribution is 6.18. The van der Waals surface area contributed by atoms with Crippen LogP contribution in [0.3, 0.4) is 0 Å². The molecule has 2 fully saturated rings. The Morgan fingerprint density at radius 2 is 1.78 bits per heavy atom. The van der Waals surface area contributed by atoms with Gasteiger partial charge in [0.1, 0.15) is 0 Å². The average Bonchev–Trinajstić information content (AvgIpc) is 2.84. The van der Waals surface area contributed by atoms with E-state index < -0.39 is 0 Å². The Balaban J connectivity index is 1.81. The van der Waals surface area contributed by atoms with Crippen LogP contribution in [-0.2, 0) is 4.79 Å². The van der Waals surface area contributed by atoms with Crippen LogP contribution in [0, 0.1) is 17.3 Å². The van der Waals surface area contributed by atoms with Gasteiger partial charge in [-0.1, -0.05) is 32.6 Å². The molecule has 0 saturated heterocycles. The summed E-state index contributed by atoms with van der Waals surface area (Å²) in [6, 6.07) is 0. The van der Waals surface area contributed by atoms with Crippen LogP contribution in [0.1, 0.15) is 58.3 Å². The van der Waals surface area contributed by atoms with Crippen LogP contribution >= 0.6 is 11.6 Å². The van der Waals surface area contributed by atoms with Crippen molar-refractivity contribution in [2.24, 2.45) is 17.3 Å². The number of hydrogen-bond acceptors (Lipinski definition) is 1. The molecule has 0 spiro atoms. The molecule has 3 heteroatoms. The predicted octanol–water partition coefficient (Wildman–Crippen LogP) is 3.73. The van der Waals surface area contributed by atoms with Gasteiger partial charge in [0.25, 0.3) is 0 Å². The Hall–Kier alpha value is -0.240. The molecule has 0 radical (unpaired) electrons. The van der Waals surface area contributed by atoms with E-state index in [1.165, 1.54) is 38.5 Å². The first-order valence-corrected chi connectivity index (χ1v) is 8.03. The zero-order valence-corrected chi connectivity index (χ0v) is 12.3. The minimum Gasteiger partial charge on any atom is -0.355 e. The van der Waals surface area contributed by atoms with E-state index in [2.05, 4.69) is 12.2 Å². The van der Waals surface area contributed by atoms with E-state index in [4.69, 9.17) is 11.6 Å². The number of carbonyl (C=O) groups is 1. The zero-order chi connectivity index (χ0) is 13.0. The van der Waals surface area contributed by atoms with Crippen molar-refractivity contribution >= 4 is 17.5 Å². The van der Waals surface area contributed by atoms with Crippen LogP contribution < -0.4 is 5.32 Å².